The number of aliphatic hydroxyl groups excluding tert-OH is 1. The van der Waals surface area contributed by atoms with E-state index in [2.05, 4.69) is 4.98 Å². The Hall–Kier alpha value is -4.52. The predicted molar refractivity (Wildman–Crippen MR) is 142 cm³/mol. The summed E-state index contributed by atoms with van der Waals surface area (Å²) < 4.78 is 10.8. The number of fused-ring (bicyclic) bond motifs is 1. The van der Waals surface area contributed by atoms with E-state index in [0.29, 0.717) is 42.2 Å². The standard InChI is InChI=1S/C30H28N2O5/c1-3-37-23-14-10-20(11-15-23)28(33)26-27(19-8-12-22(36-2)13-9-19)32(30(35)29(26)34)17-16-21-18-31-25-7-5-4-6-24(21)25/h4-15,18,27,31,33H,3,16-17H2,1-2H3/b28-26+. The zero-order chi connectivity index (χ0) is 25.9. The fourth-order valence-corrected chi connectivity index (χ4v) is 4.85. The van der Waals surface area contributed by atoms with E-state index in [9.17, 15) is 14.7 Å². The van der Waals surface area contributed by atoms with Crippen LogP contribution in [-0.2, 0) is 16.0 Å². The fraction of sp³-hybridized carbons (Fsp3) is 0.200. The van der Waals surface area contributed by atoms with E-state index in [-0.39, 0.29) is 11.3 Å². The number of nitrogens with one attached hydrogen (secondary N) is 1. The van der Waals surface area contributed by atoms with E-state index in [1.165, 1.54) is 0 Å². The van der Waals surface area contributed by atoms with Crippen molar-refractivity contribution in [2.75, 3.05) is 20.3 Å². The van der Waals surface area contributed by atoms with Gasteiger partial charge in [0, 0.05) is 29.2 Å². The Balaban J connectivity index is 1.54. The number of H-pyrrole nitrogens is 1. The number of aromatic amines is 1. The van der Waals surface area contributed by atoms with Gasteiger partial charge in [0.1, 0.15) is 17.3 Å². The smallest absolute Gasteiger partial charge is 0.295 e. The zero-order valence-corrected chi connectivity index (χ0v) is 20.7. The van der Waals surface area contributed by atoms with Gasteiger partial charge in [0.05, 0.1) is 25.3 Å². The van der Waals surface area contributed by atoms with Crippen molar-refractivity contribution in [3.63, 3.8) is 0 Å². The summed E-state index contributed by atoms with van der Waals surface area (Å²) >= 11 is 0. The Bertz CT molecular complexity index is 1470. The van der Waals surface area contributed by atoms with Crippen LogP contribution in [0.15, 0.2) is 84.6 Å². The normalized spacial score (nSPS) is 16.9. The summed E-state index contributed by atoms with van der Waals surface area (Å²) in [6.45, 7) is 2.72. The van der Waals surface area contributed by atoms with Crippen LogP contribution in [0.25, 0.3) is 16.7 Å². The molecule has 1 amide bonds. The molecule has 2 N–H and O–H groups in total. The lowest BCUT2D eigenvalue weighted by atomic mass is 9.95. The molecule has 4 aromatic rings. The summed E-state index contributed by atoms with van der Waals surface area (Å²) in [5.74, 6) is -0.230. The molecule has 1 atom stereocenters. The summed E-state index contributed by atoms with van der Waals surface area (Å²) in [5.41, 5.74) is 3.29. The Morgan fingerprint density at radius 2 is 1.68 bits per heavy atom. The number of rotatable bonds is 8. The molecule has 1 aliphatic rings. The molecule has 3 aromatic carbocycles. The molecule has 0 spiro atoms. The second-order valence-electron chi connectivity index (χ2n) is 8.83. The van der Waals surface area contributed by atoms with Crippen molar-refractivity contribution in [2.24, 2.45) is 0 Å². The van der Waals surface area contributed by atoms with E-state index in [1.807, 2.05) is 49.5 Å². The highest BCUT2D eigenvalue weighted by Gasteiger charge is 2.45. The maximum absolute atomic E-state index is 13.3. The first-order valence-corrected chi connectivity index (χ1v) is 12.2. The minimum Gasteiger partial charge on any atom is -0.507 e. The van der Waals surface area contributed by atoms with E-state index in [1.54, 1.807) is 48.4 Å². The van der Waals surface area contributed by atoms with Crippen LogP contribution in [0.5, 0.6) is 11.5 Å². The average molecular weight is 497 g/mol. The third-order valence-electron chi connectivity index (χ3n) is 6.71. The number of benzene rings is 3. The van der Waals surface area contributed by atoms with Gasteiger partial charge in [0.25, 0.3) is 11.7 Å². The number of aromatic nitrogens is 1. The number of hydrogen-bond acceptors (Lipinski definition) is 5. The molecule has 7 heteroatoms. The van der Waals surface area contributed by atoms with Gasteiger partial charge < -0.3 is 24.5 Å². The molecule has 0 radical (unpaired) electrons. The Kier molecular flexibility index (Phi) is 6.68. The molecule has 1 unspecified atom stereocenters. The van der Waals surface area contributed by atoms with Crippen LogP contribution < -0.4 is 9.47 Å². The van der Waals surface area contributed by atoms with Crippen LogP contribution >= 0.6 is 0 Å². The van der Waals surface area contributed by atoms with E-state index in [0.717, 1.165) is 16.5 Å². The first-order chi connectivity index (χ1) is 18.0. The molecular formula is C30H28N2O5. The molecule has 37 heavy (non-hydrogen) atoms. The zero-order valence-electron chi connectivity index (χ0n) is 20.7. The van der Waals surface area contributed by atoms with Crippen molar-refractivity contribution >= 4 is 28.4 Å². The molecule has 1 saturated heterocycles. The van der Waals surface area contributed by atoms with Gasteiger partial charge in [0.15, 0.2) is 0 Å². The number of likely N-dealkylation sites (tertiary alicyclic amines) is 1. The van der Waals surface area contributed by atoms with Crippen LogP contribution in [0.1, 0.15) is 29.7 Å². The predicted octanol–water partition coefficient (Wildman–Crippen LogP) is 5.24. The van der Waals surface area contributed by atoms with Crippen LogP contribution in [-0.4, -0.2) is 46.9 Å². The second-order valence-corrected chi connectivity index (χ2v) is 8.83. The number of amides is 1. The molecule has 1 aromatic heterocycles. The molecule has 0 bridgehead atoms. The van der Waals surface area contributed by atoms with Gasteiger partial charge >= 0.3 is 0 Å². The third kappa shape index (κ3) is 4.56. The topological polar surface area (TPSA) is 91.9 Å². The maximum Gasteiger partial charge on any atom is 0.295 e. The van der Waals surface area contributed by atoms with Crippen molar-refractivity contribution in [3.8, 4) is 11.5 Å². The van der Waals surface area contributed by atoms with Gasteiger partial charge in [-0.1, -0.05) is 30.3 Å². The largest absolute Gasteiger partial charge is 0.507 e. The van der Waals surface area contributed by atoms with Gasteiger partial charge in [-0.15, -0.1) is 0 Å². The van der Waals surface area contributed by atoms with Gasteiger partial charge in [-0.2, -0.15) is 0 Å². The van der Waals surface area contributed by atoms with Crippen LogP contribution in [0.3, 0.4) is 0 Å². The van der Waals surface area contributed by atoms with E-state index < -0.39 is 17.7 Å². The van der Waals surface area contributed by atoms with Crippen LogP contribution in [0, 0.1) is 0 Å². The lowest BCUT2D eigenvalue weighted by molar-refractivity contribution is -0.139. The monoisotopic (exact) mass is 496 g/mol. The average Bonchev–Trinajstić information content (AvgIpc) is 3.46. The maximum atomic E-state index is 13.3. The lowest BCUT2D eigenvalue weighted by Crippen LogP contribution is -2.31. The highest BCUT2D eigenvalue weighted by molar-refractivity contribution is 6.46. The molecular weight excluding hydrogens is 468 g/mol. The SMILES string of the molecule is CCOc1ccc(/C(O)=C2\C(=O)C(=O)N(CCc3c[nH]c4ccccc34)C2c2ccc(OC)cc2)cc1. The van der Waals surface area contributed by atoms with Crippen LogP contribution in [0.4, 0.5) is 0 Å². The summed E-state index contributed by atoms with van der Waals surface area (Å²) in [6.07, 6.45) is 2.48. The van der Waals surface area contributed by atoms with Crippen molar-refractivity contribution < 1.29 is 24.2 Å². The number of Topliss-reactive ketones (excluding diaryl/α,β-unsaturated/α-hetero) is 1. The summed E-state index contributed by atoms with van der Waals surface area (Å²) in [7, 11) is 1.58. The molecule has 0 saturated carbocycles. The lowest BCUT2D eigenvalue weighted by Gasteiger charge is -2.25. The van der Waals surface area contributed by atoms with E-state index >= 15 is 0 Å². The fourth-order valence-electron chi connectivity index (χ4n) is 4.85. The molecule has 1 fully saturated rings. The third-order valence-corrected chi connectivity index (χ3v) is 6.71. The summed E-state index contributed by atoms with van der Waals surface area (Å²) in [6, 6.07) is 21.3. The quantitative estimate of drug-likeness (QED) is 0.198. The number of methoxy groups -OCH3 is 1. The molecule has 1 aliphatic heterocycles. The first kappa shape index (κ1) is 24.2. The van der Waals surface area contributed by atoms with Crippen molar-refractivity contribution in [1.29, 1.82) is 0 Å². The molecule has 5 rings (SSSR count). The van der Waals surface area contributed by atoms with Gasteiger partial charge in [-0.05, 0) is 66.9 Å². The number of para-hydroxylation sites is 1. The number of carbonyl (C=O) groups is 2. The van der Waals surface area contributed by atoms with Crippen molar-refractivity contribution in [1.82, 2.24) is 9.88 Å². The molecule has 2 heterocycles. The second kappa shape index (κ2) is 10.2. The first-order valence-electron chi connectivity index (χ1n) is 12.2. The number of ether oxygens (including phenoxy) is 2. The van der Waals surface area contributed by atoms with Gasteiger partial charge in [-0.3, -0.25) is 9.59 Å². The number of carbonyl (C=O) groups excluding carboxylic acids is 2. The summed E-state index contributed by atoms with van der Waals surface area (Å²) in [5, 5.41) is 12.4. The highest BCUT2D eigenvalue weighted by Crippen LogP contribution is 2.40. The minimum absolute atomic E-state index is 0.0678. The Morgan fingerprint density at radius 3 is 2.38 bits per heavy atom. The van der Waals surface area contributed by atoms with E-state index in [4.69, 9.17) is 9.47 Å². The number of hydrogen-bond donors (Lipinski definition) is 2. The van der Waals surface area contributed by atoms with Crippen molar-refractivity contribution in [2.45, 2.75) is 19.4 Å². The summed E-state index contributed by atoms with van der Waals surface area (Å²) in [4.78, 5) is 31.4. The van der Waals surface area contributed by atoms with Crippen LogP contribution in [0.2, 0.25) is 0 Å². The molecule has 7 nitrogen and oxygen atoms in total. The number of nitrogens with zero attached hydrogens (tertiary/aromatic N) is 1. The van der Waals surface area contributed by atoms with Gasteiger partial charge in [0.2, 0.25) is 0 Å². The molecule has 0 aliphatic carbocycles. The molecule has 188 valence electrons. The Labute approximate surface area is 214 Å². The number of aliphatic hydroxyl groups is 1. The Morgan fingerprint density at radius 1 is 0.973 bits per heavy atom. The highest BCUT2D eigenvalue weighted by atomic mass is 16.5. The minimum atomic E-state index is -0.734. The number of ketones is 1. The van der Waals surface area contributed by atoms with Gasteiger partial charge in [-0.25, -0.2) is 0 Å². The van der Waals surface area contributed by atoms with Crippen molar-refractivity contribution in [3.05, 3.63) is 101 Å².